The van der Waals surface area contributed by atoms with Crippen molar-refractivity contribution < 1.29 is 0 Å². The minimum atomic E-state index is -0.407. The van der Waals surface area contributed by atoms with Crippen LogP contribution in [0.2, 0.25) is 0 Å². The molecule has 0 unspecified atom stereocenters. The summed E-state index contributed by atoms with van der Waals surface area (Å²) in [5.74, 6) is 0. The van der Waals surface area contributed by atoms with Crippen LogP contribution in [0, 0.1) is 27.7 Å². The van der Waals surface area contributed by atoms with E-state index in [4.69, 9.17) is 0 Å². The molecule has 8 aromatic carbocycles. The zero-order valence-electron chi connectivity index (χ0n) is 31.3. The largest absolute Gasteiger partial charge is 0.0713 e. The topological polar surface area (TPSA) is 0 Å². The predicted molar refractivity (Wildman–Crippen MR) is 225 cm³/mol. The third-order valence-electron chi connectivity index (χ3n) is 12.8. The quantitative estimate of drug-likeness (QED) is 0.169. The van der Waals surface area contributed by atoms with Crippen molar-refractivity contribution in [1.29, 1.82) is 0 Å². The van der Waals surface area contributed by atoms with Gasteiger partial charge in [-0.3, -0.25) is 0 Å². The SMILES string of the molecule is Cc1ccc(C2(c3ccc(-c4ccc(C5(c6ccc(C)c(C)c6)c6ccccc6-c6ccccc65)cc4)cc3)c3ccccc3-c3ccccc32)cc1C. The van der Waals surface area contributed by atoms with E-state index >= 15 is 0 Å². The normalized spacial score (nSPS) is 14.2. The van der Waals surface area contributed by atoms with Crippen LogP contribution in [-0.2, 0) is 10.8 Å². The van der Waals surface area contributed by atoms with Crippen LogP contribution >= 0.6 is 0 Å². The number of benzene rings is 8. The molecule has 0 radical (unpaired) electrons. The van der Waals surface area contributed by atoms with Crippen molar-refractivity contribution in [2.24, 2.45) is 0 Å². The van der Waals surface area contributed by atoms with Crippen LogP contribution < -0.4 is 0 Å². The summed E-state index contributed by atoms with van der Waals surface area (Å²) in [7, 11) is 0. The number of hydrogen-bond donors (Lipinski definition) is 0. The summed E-state index contributed by atoms with van der Waals surface area (Å²) in [4.78, 5) is 0. The zero-order valence-corrected chi connectivity index (χ0v) is 31.3. The summed E-state index contributed by atoms with van der Waals surface area (Å²) >= 11 is 0. The lowest BCUT2D eigenvalue weighted by Gasteiger charge is -2.34. The highest BCUT2D eigenvalue weighted by Crippen LogP contribution is 2.58. The molecule has 0 saturated heterocycles. The van der Waals surface area contributed by atoms with Gasteiger partial charge in [0.25, 0.3) is 0 Å². The minimum absolute atomic E-state index is 0.407. The zero-order chi connectivity index (χ0) is 36.6. The van der Waals surface area contributed by atoms with Crippen molar-refractivity contribution >= 4 is 0 Å². The van der Waals surface area contributed by atoms with E-state index in [1.807, 2.05) is 0 Å². The second kappa shape index (κ2) is 12.2. The van der Waals surface area contributed by atoms with Gasteiger partial charge in [-0.25, -0.2) is 0 Å². The van der Waals surface area contributed by atoms with Crippen molar-refractivity contribution in [1.82, 2.24) is 0 Å². The lowest BCUT2D eigenvalue weighted by molar-refractivity contribution is 0.766. The average Bonchev–Trinajstić information content (AvgIpc) is 3.69. The first-order valence-electron chi connectivity index (χ1n) is 19.2. The van der Waals surface area contributed by atoms with Gasteiger partial charge in [0.15, 0.2) is 0 Å². The van der Waals surface area contributed by atoms with Crippen molar-refractivity contribution in [2.75, 3.05) is 0 Å². The number of hydrogen-bond acceptors (Lipinski definition) is 0. The highest BCUT2D eigenvalue weighted by molar-refractivity contribution is 5.88. The first-order valence-corrected chi connectivity index (χ1v) is 19.2. The van der Waals surface area contributed by atoms with Crippen LogP contribution in [0.4, 0.5) is 0 Å². The summed E-state index contributed by atoms with van der Waals surface area (Å²) < 4.78 is 0. The third kappa shape index (κ3) is 4.44. The molecule has 10 rings (SSSR count). The van der Waals surface area contributed by atoms with Crippen LogP contribution in [0.3, 0.4) is 0 Å². The van der Waals surface area contributed by atoms with Crippen LogP contribution in [0.1, 0.15) is 66.8 Å². The van der Waals surface area contributed by atoms with Crippen molar-refractivity contribution in [3.05, 3.63) is 249 Å². The molecule has 0 aliphatic heterocycles. The van der Waals surface area contributed by atoms with Gasteiger partial charge in [-0.15, -0.1) is 0 Å². The molecule has 2 aliphatic rings. The van der Waals surface area contributed by atoms with E-state index in [-0.39, 0.29) is 0 Å². The number of rotatable bonds is 5. The highest BCUT2D eigenvalue weighted by atomic mass is 14.5. The summed E-state index contributed by atoms with van der Waals surface area (Å²) in [6.45, 7) is 8.88. The maximum absolute atomic E-state index is 2.41. The number of fused-ring (bicyclic) bond motifs is 6. The maximum atomic E-state index is 2.41. The fourth-order valence-corrected chi connectivity index (χ4v) is 9.82. The van der Waals surface area contributed by atoms with Gasteiger partial charge in [0.2, 0.25) is 0 Å². The minimum Gasteiger partial charge on any atom is -0.0619 e. The Morgan fingerprint density at radius 2 is 0.537 bits per heavy atom. The van der Waals surface area contributed by atoms with E-state index in [1.165, 1.54) is 100 Å². The molecule has 258 valence electrons. The molecule has 0 fully saturated rings. The van der Waals surface area contributed by atoms with E-state index in [9.17, 15) is 0 Å². The lowest BCUT2D eigenvalue weighted by Crippen LogP contribution is -2.29. The summed E-state index contributed by atoms with van der Waals surface area (Å²) in [6, 6.07) is 68.9. The van der Waals surface area contributed by atoms with E-state index in [2.05, 4.69) is 210 Å². The predicted octanol–water partition coefficient (Wildman–Crippen LogP) is 13.3. The van der Waals surface area contributed by atoms with Gasteiger partial charge in [0.1, 0.15) is 0 Å². The van der Waals surface area contributed by atoms with Crippen LogP contribution in [0.25, 0.3) is 33.4 Å². The fraction of sp³-hybridized carbons (Fsp3) is 0.111. The molecule has 0 amide bonds. The average molecular weight is 691 g/mol. The van der Waals surface area contributed by atoms with E-state index in [0.717, 1.165) is 0 Å². The Bertz CT molecular complexity index is 2460. The smallest absolute Gasteiger partial charge is 0.0619 e. The summed E-state index contributed by atoms with van der Waals surface area (Å²) in [5, 5.41) is 0. The van der Waals surface area contributed by atoms with Gasteiger partial charge in [0.05, 0.1) is 10.8 Å². The Balaban J connectivity index is 1.12. The molecular formula is C54H42. The van der Waals surface area contributed by atoms with E-state index in [0.29, 0.717) is 0 Å². The summed E-state index contributed by atoms with van der Waals surface area (Å²) in [6.07, 6.45) is 0. The highest BCUT2D eigenvalue weighted by Gasteiger charge is 2.47. The molecule has 8 aromatic rings. The van der Waals surface area contributed by atoms with Gasteiger partial charge in [-0.1, -0.05) is 182 Å². The van der Waals surface area contributed by atoms with Crippen molar-refractivity contribution in [3.63, 3.8) is 0 Å². The van der Waals surface area contributed by atoms with Crippen molar-refractivity contribution in [3.8, 4) is 33.4 Å². The van der Waals surface area contributed by atoms with Gasteiger partial charge in [-0.05, 0) is 128 Å². The van der Waals surface area contributed by atoms with Crippen molar-refractivity contribution in [2.45, 2.75) is 38.5 Å². The number of aryl methyl sites for hydroxylation is 4. The molecule has 0 saturated carbocycles. The molecule has 2 aliphatic carbocycles. The second-order valence-electron chi connectivity index (χ2n) is 15.4. The van der Waals surface area contributed by atoms with Gasteiger partial charge >= 0.3 is 0 Å². The Hall–Kier alpha value is -6.24. The Labute approximate surface area is 319 Å². The van der Waals surface area contributed by atoms with Gasteiger partial charge in [-0.2, -0.15) is 0 Å². The van der Waals surface area contributed by atoms with E-state index in [1.54, 1.807) is 0 Å². The molecule has 0 bridgehead atoms. The molecule has 0 heterocycles. The van der Waals surface area contributed by atoms with Gasteiger partial charge < -0.3 is 0 Å². The maximum Gasteiger partial charge on any atom is 0.0713 e. The third-order valence-corrected chi connectivity index (χ3v) is 12.8. The molecule has 0 spiro atoms. The Kier molecular flexibility index (Phi) is 7.29. The van der Waals surface area contributed by atoms with E-state index < -0.39 is 10.8 Å². The summed E-state index contributed by atoms with van der Waals surface area (Å²) in [5.41, 5.74) is 22.7. The fourth-order valence-electron chi connectivity index (χ4n) is 9.82. The second-order valence-corrected chi connectivity index (χ2v) is 15.4. The first-order chi connectivity index (χ1) is 26.4. The lowest BCUT2D eigenvalue weighted by atomic mass is 9.67. The van der Waals surface area contributed by atoms with Crippen LogP contribution in [0.15, 0.2) is 182 Å². The Morgan fingerprint density at radius 1 is 0.259 bits per heavy atom. The Morgan fingerprint density at radius 3 is 0.833 bits per heavy atom. The van der Waals surface area contributed by atoms with Crippen LogP contribution in [-0.4, -0.2) is 0 Å². The molecule has 0 N–H and O–H groups in total. The first kappa shape index (κ1) is 32.4. The van der Waals surface area contributed by atoms with Crippen LogP contribution in [0.5, 0.6) is 0 Å². The monoisotopic (exact) mass is 690 g/mol. The molecule has 0 aromatic heterocycles. The molecule has 54 heavy (non-hydrogen) atoms. The molecule has 0 heteroatoms. The van der Waals surface area contributed by atoms with Gasteiger partial charge in [0, 0.05) is 0 Å². The molecular weight excluding hydrogens is 649 g/mol. The molecule has 0 nitrogen and oxygen atoms in total. The molecule has 0 atom stereocenters. The standard InChI is InChI=1S/C54H42/c1-35-21-27-43(33-37(35)3)53(49-17-9-5-13-45(49)46-14-6-10-18-50(46)53)41-29-23-39(24-30-41)40-25-31-42(32-26-40)54(44-28-22-36(2)38(4)34-44)51-19-11-7-15-47(51)48-16-8-12-20-52(48)54/h5-34H,1-4H3.